The lowest BCUT2D eigenvalue weighted by Crippen LogP contribution is -2.47. The Morgan fingerprint density at radius 1 is 1.08 bits per heavy atom. The van der Waals surface area contributed by atoms with Crippen molar-refractivity contribution in [3.05, 3.63) is 34.5 Å². The molecule has 128 valence electrons. The van der Waals surface area contributed by atoms with E-state index >= 15 is 0 Å². The lowest BCUT2D eigenvalue weighted by Gasteiger charge is -2.36. The predicted octanol–water partition coefficient (Wildman–Crippen LogP) is 3.26. The van der Waals surface area contributed by atoms with Gasteiger partial charge in [-0.25, -0.2) is 0 Å². The topological polar surface area (TPSA) is 39.3 Å². The maximum Gasteiger partial charge on any atom is 0.270 e. The average Bonchev–Trinajstić information content (AvgIpc) is 2.70. The van der Waals surface area contributed by atoms with Crippen molar-refractivity contribution in [2.45, 2.75) is 39.7 Å². The molecule has 24 heavy (non-hydrogen) atoms. The van der Waals surface area contributed by atoms with E-state index in [1.54, 1.807) is 0 Å². The van der Waals surface area contributed by atoms with Crippen LogP contribution in [0.1, 0.15) is 40.0 Å². The molecule has 0 unspecified atom stereocenters. The van der Waals surface area contributed by atoms with Crippen molar-refractivity contribution in [2.75, 3.05) is 26.7 Å². The SMILES string of the molecule is Cc1ccc(C)c2c(C)c(C(=O)N3C[C@H]4CC[C@@H]3CN(C)C4)[nH]c12. The minimum Gasteiger partial charge on any atom is -0.350 e. The first kappa shape index (κ1) is 15.7. The van der Waals surface area contributed by atoms with Gasteiger partial charge in [0, 0.05) is 36.6 Å². The van der Waals surface area contributed by atoms with E-state index in [-0.39, 0.29) is 5.91 Å². The van der Waals surface area contributed by atoms with E-state index in [1.165, 1.54) is 22.9 Å². The average molecular weight is 325 g/mol. The molecule has 0 aliphatic carbocycles. The van der Waals surface area contributed by atoms with Gasteiger partial charge in [0.25, 0.3) is 5.91 Å². The number of carbonyl (C=O) groups is 1. The number of nitrogens with zero attached hydrogens (tertiary/aromatic N) is 2. The second-order valence-electron chi connectivity index (χ2n) is 7.85. The first-order valence-electron chi connectivity index (χ1n) is 9.03. The summed E-state index contributed by atoms with van der Waals surface area (Å²) in [5.41, 5.74) is 5.45. The number of carbonyl (C=O) groups excluding carboxylic acids is 1. The lowest BCUT2D eigenvalue weighted by molar-refractivity contribution is 0.0581. The summed E-state index contributed by atoms with van der Waals surface area (Å²) in [6, 6.07) is 4.63. The molecule has 2 bridgehead atoms. The number of rotatable bonds is 1. The fourth-order valence-electron chi connectivity index (χ4n) is 4.72. The van der Waals surface area contributed by atoms with E-state index in [4.69, 9.17) is 0 Å². The van der Waals surface area contributed by atoms with E-state index < -0.39 is 0 Å². The Labute approximate surface area is 143 Å². The smallest absolute Gasteiger partial charge is 0.270 e. The highest BCUT2D eigenvalue weighted by atomic mass is 16.2. The Bertz CT molecular complexity index is 807. The van der Waals surface area contributed by atoms with Crippen LogP contribution in [0.3, 0.4) is 0 Å². The second kappa shape index (κ2) is 5.62. The molecule has 1 aromatic carbocycles. The quantitative estimate of drug-likeness (QED) is 0.874. The van der Waals surface area contributed by atoms with Gasteiger partial charge in [0.2, 0.25) is 0 Å². The van der Waals surface area contributed by atoms with Crippen LogP contribution < -0.4 is 0 Å². The van der Waals surface area contributed by atoms with Gasteiger partial charge in [0.15, 0.2) is 0 Å². The van der Waals surface area contributed by atoms with Crippen LogP contribution in [-0.2, 0) is 0 Å². The van der Waals surface area contributed by atoms with Gasteiger partial charge in [-0.05, 0) is 63.3 Å². The molecule has 3 fully saturated rings. The molecule has 4 heteroatoms. The molecule has 5 rings (SSSR count). The van der Waals surface area contributed by atoms with Gasteiger partial charge < -0.3 is 14.8 Å². The van der Waals surface area contributed by atoms with Gasteiger partial charge in [-0.2, -0.15) is 0 Å². The van der Waals surface area contributed by atoms with E-state index in [2.05, 4.69) is 54.7 Å². The van der Waals surface area contributed by atoms with Crippen molar-refractivity contribution in [3.63, 3.8) is 0 Å². The highest BCUT2D eigenvalue weighted by molar-refractivity contribution is 6.02. The molecule has 2 atom stereocenters. The summed E-state index contributed by atoms with van der Waals surface area (Å²) >= 11 is 0. The van der Waals surface area contributed by atoms with Gasteiger partial charge in [-0.1, -0.05) is 12.1 Å². The zero-order valence-electron chi connectivity index (χ0n) is 15.1. The number of likely N-dealkylation sites (N-methyl/N-ethyl adjacent to an activating group) is 1. The molecule has 0 spiro atoms. The molecular formula is C20H27N3O. The van der Waals surface area contributed by atoms with Gasteiger partial charge >= 0.3 is 0 Å². The second-order valence-corrected chi connectivity index (χ2v) is 7.85. The van der Waals surface area contributed by atoms with Crippen molar-refractivity contribution in [2.24, 2.45) is 5.92 Å². The summed E-state index contributed by atoms with van der Waals surface area (Å²) in [7, 11) is 2.18. The van der Waals surface area contributed by atoms with Crippen molar-refractivity contribution in [3.8, 4) is 0 Å². The van der Waals surface area contributed by atoms with Gasteiger partial charge in [0.05, 0.1) is 0 Å². The zero-order chi connectivity index (χ0) is 17.0. The summed E-state index contributed by atoms with van der Waals surface area (Å²) in [5, 5.41) is 1.22. The molecule has 3 aliphatic heterocycles. The van der Waals surface area contributed by atoms with Crippen LogP contribution in [-0.4, -0.2) is 53.4 Å². The molecule has 1 aromatic heterocycles. The van der Waals surface area contributed by atoms with Crippen molar-refractivity contribution < 1.29 is 4.79 Å². The molecule has 3 saturated heterocycles. The van der Waals surface area contributed by atoms with Crippen LogP contribution in [0.5, 0.6) is 0 Å². The number of amides is 1. The molecular weight excluding hydrogens is 298 g/mol. The van der Waals surface area contributed by atoms with E-state index in [0.29, 0.717) is 12.0 Å². The number of hydrogen-bond donors (Lipinski definition) is 1. The Morgan fingerprint density at radius 2 is 1.83 bits per heavy atom. The van der Waals surface area contributed by atoms with E-state index in [0.717, 1.165) is 42.8 Å². The van der Waals surface area contributed by atoms with Crippen LogP contribution >= 0.6 is 0 Å². The fourth-order valence-corrected chi connectivity index (χ4v) is 4.72. The Morgan fingerprint density at radius 3 is 2.58 bits per heavy atom. The maximum atomic E-state index is 13.3. The van der Waals surface area contributed by atoms with Gasteiger partial charge in [-0.15, -0.1) is 0 Å². The Kier molecular flexibility index (Phi) is 3.68. The maximum absolute atomic E-state index is 13.3. The van der Waals surface area contributed by atoms with Gasteiger partial charge in [0.1, 0.15) is 5.69 Å². The summed E-state index contributed by atoms with van der Waals surface area (Å²) in [4.78, 5) is 21.3. The Balaban J connectivity index is 1.75. The highest BCUT2D eigenvalue weighted by Gasteiger charge is 2.37. The summed E-state index contributed by atoms with van der Waals surface area (Å²) in [5.74, 6) is 0.804. The lowest BCUT2D eigenvalue weighted by atomic mass is 9.94. The molecule has 4 heterocycles. The summed E-state index contributed by atoms with van der Waals surface area (Å²) < 4.78 is 0. The normalized spacial score (nSPS) is 24.6. The third kappa shape index (κ3) is 2.35. The molecule has 3 aliphatic rings. The summed E-state index contributed by atoms with van der Waals surface area (Å²) in [6.45, 7) is 9.33. The molecule has 2 aromatic rings. The van der Waals surface area contributed by atoms with Crippen molar-refractivity contribution in [1.29, 1.82) is 0 Å². The number of nitrogens with one attached hydrogen (secondary N) is 1. The largest absolute Gasteiger partial charge is 0.350 e. The van der Waals surface area contributed by atoms with Crippen molar-refractivity contribution >= 4 is 16.8 Å². The number of aryl methyl sites for hydroxylation is 3. The highest BCUT2D eigenvalue weighted by Crippen LogP contribution is 2.32. The number of piperidine rings is 1. The molecule has 0 radical (unpaired) electrons. The third-order valence-electron chi connectivity index (χ3n) is 5.99. The first-order chi connectivity index (χ1) is 11.5. The van der Waals surface area contributed by atoms with Crippen LogP contribution in [0.2, 0.25) is 0 Å². The standard InChI is InChI=1S/C20H27N3O/c1-12-5-6-13(2)18-17(12)14(3)19(21-18)20(24)23-10-15-7-8-16(23)11-22(4)9-15/h5-6,15-16,21H,7-11H2,1-4H3/t15-,16+/m0/s1. The molecule has 4 nitrogen and oxygen atoms in total. The van der Waals surface area contributed by atoms with Crippen LogP contribution in [0, 0.1) is 26.7 Å². The van der Waals surface area contributed by atoms with Crippen molar-refractivity contribution in [1.82, 2.24) is 14.8 Å². The summed E-state index contributed by atoms with van der Waals surface area (Å²) in [6.07, 6.45) is 2.39. The first-order valence-corrected chi connectivity index (χ1v) is 9.03. The van der Waals surface area contributed by atoms with Crippen LogP contribution in [0.15, 0.2) is 12.1 Å². The Hall–Kier alpha value is -1.81. The number of aromatic nitrogens is 1. The number of fused-ring (bicyclic) bond motifs is 5. The van der Waals surface area contributed by atoms with E-state index in [1.807, 2.05) is 0 Å². The van der Waals surface area contributed by atoms with E-state index in [9.17, 15) is 4.79 Å². The van der Waals surface area contributed by atoms with Crippen LogP contribution in [0.25, 0.3) is 10.9 Å². The number of aromatic amines is 1. The predicted molar refractivity (Wildman–Crippen MR) is 97.6 cm³/mol. The zero-order valence-corrected chi connectivity index (χ0v) is 15.1. The minimum atomic E-state index is 0.188. The molecule has 1 amide bonds. The fraction of sp³-hybridized carbons (Fsp3) is 0.550. The third-order valence-corrected chi connectivity index (χ3v) is 5.99. The van der Waals surface area contributed by atoms with Gasteiger partial charge in [-0.3, -0.25) is 4.79 Å². The monoisotopic (exact) mass is 325 g/mol. The number of hydrogen-bond acceptors (Lipinski definition) is 2. The molecule has 0 saturated carbocycles. The minimum absolute atomic E-state index is 0.188. The number of H-pyrrole nitrogens is 1. The molecule has 1 N–H and O–H groups in total. The van der Waals surface area contributed by atoms with Crippen LogP contribution in [0.4, 0.5) is 0 Å². The number of benzene rings is 1.